The first-order valence-corrected chi connectivity index (χ1v) is 2.43. The maximum absolute atomic E-state index is 8.52. The van der Waals surface area contributed by atoms with Crippen LogP contribution in [0.2, 0.25) is 0 Å². The molecule has 0 saturated heterocycles. The Morgan fingerprint density at radius 2 is 2.56 bits per heavy atom. The summed E-state index contributed by atoms with van der Waals surface area (Å²) >= 11 is 0. The van der Waals surface area contributed by atoms with Crippen molar-refractivity contribution in [1.82, 2.24) is 9.97 Å². The van der Waals surface area contributed by atoms with Gasteiger partial charge in [0.15, 0.2) is 0 Å². The Balaban J connectivity index is 3.01. The average Bonchev–Trinajstić information content (AvgIpc) is 1.89. The highest BCUT2D eigenvalue weighted by Crippen LogP contribution is 1.99. The lowest BCUT2D eigenvalue weighted by Gasteiger charge is -1.94. The van der Waals surface area contributed by atoms with Crippen LogP contribution < -0.4 is 5.73 Å². The van der Waals surface area contributed by atoms with E-state index in [4.69, 9.17) is 10.8 Å². The second-order valence-electron chi connectivity index (χ2n) is 1.49. The number of nitrogens with two attached hydrogens (primary N) is 1. The normalized spacial score (nSPS) is 9.44. The molecule has 0 bridgehead atoms. The van der Waals surface area contributed by atoms with Crippen molar-refractivity contribution in [3.8, 4) is 0 Å². The molecule has 0 amide bonds. The number of hydrogen-bond acceptors (Lipinski definition) is 4. The van der Waals surface area contributed by atoms with Gasteiger partial charge >= 0.3 is 0 Å². The third-order valence-corrected chi connectivity index (χ3v) is 0.909. The van der Waals surface area contributed by atoms with Crippen LogP contribution in [0.15, 0.2) is 6.20 Å². The third kappa shape index (κ3) is 1.14. The lowest BCUT2D eigenvalue weighted by atomic mass is 10.4. The molecule has 4 heteroatoms. The largest absolute Gasteiger partial charge is 0.390 e. The Morgan fingerprint density at radius 3 is 3.00 bits per heavy atom. The molecular formula is C5H6N3O. The summed E-state index contributed by atoms with van der Waals surface area (Å²) in [5, 5.41) is 8.52. The van der Waals surface area contributed by atoms with Gasteiger partial charge < -0.3 is 10.8 Å². The van der Waals surface area contributed by atoms with Crippen molar-refractivity contribution in [1.29, 1.82) is 0 Å². The van der Waals surface area contributed by atoms with Crippen LogP contribution in [-0.4, -0.2) is 15.1 Å². The summed E-state index contributed by atoms with van der Waals surface area (Å²) in [5.74, 6) is 0.236. The topological polar surface area (TPSA) is 72.0 Å². The number of aromatic nitrogens is 2. The van der Waals surface area contributed by atoms with E-state index in [-0.39, 0.29) is 12.4 Å². The van der Waals surface area contributed by atoms with Crippen LogP contribution in [0.3, 0.4) is 0 Å². The van der Waals surface area contributed by atoms with E-state index in [9.17, 15) is 0 Å². The van der Waals surface area contributed by atoms with Crippen LogP contribution in [0.25, 0.3) is 0 Å². The molecule has 1 heterocycles. The van der Waals surface area contributed by atoms with E-state index in [1.165, 1.54) is 6.20 Å². The maximum atomic E-state index is 8.52. The van der Waals surface area contributed by atoms with Crippen molar-refractivity contribution >= 4 is 5.82 Å². The third-order valence-electron chi connectivity index (χ3n) is 0.909. The lowest BCUT2D eigenvalue weighted by molar-refractivity contribution is 0.277. The van der Waals surface area contributed by atoms with Gasteiger partial charge in [-0.15, -0.1) is 0 Å². The van der Waals surface area contributed by atoms with E-state index < -0.39 is 0 Å². The summed E-state index contributed by atoms with van der Waals surface area (Å²) in [6, 6.07) is 0. The van der Waals surface area contributed by atoms with Crippen molar-refractivity contribution < 1.29 is 5.11 Å². The number of hydrogen-bond donors (Lipinski definition) is 2. The fraction of sp³-hybridized carbons (Fsp3) is 0.200. The van der Waals surface area contributed by atoms with E-state index in [1.807, 2.05) is 0 Å². The SMILES string of the molecule is Nc1n[c]cnc1CO. The molecule has 0 aliphatic rings. The van der Waals surface area contributed by atoms with Crippen molar-refractivity contribution in [3.05, 3.63) is 18.1 Å². The fourth-order valence-corrected chi connectivity index (χ4v) is 0.458. The summed E-state index contributed by atoms with van der Waals surface area (Å²) < 4.78 is 0. The molecule has 1 radical (unpaired) electrons. The second-order valence-corrected chi connectivity index (χ2v) is 1.49. The van der Waals surface area contributed by atoms with E-state index in [0.717, 1.165) is 0 Å². The van der Waals surface area contributed by atoms with E-state index in [0.29, 0.717) is 5.69 Å². The van der Waals surface area contributed by atoms with Crippen LogP contribution in [0.1, 0.15) is 5.69 Å². The molecule has 0 spiro atoms. The Bertz CT molecular complexity index is 201. The molecule has 1 rings (SSSR count). The molecular weight excluding hydrogens is 118 g/mol. The Hall–Kier alpha value is -1.16. The number of aliphatic hydroxyl groups excluding tert-OH is 1. The molecule has 0 atom stereocenters. The van der Waals surface area contributed by atoms with Gasteiger partial charge in [0.05, 0.1) is 12.8 Å². The van der Waals surface area contributed by atoms with E-state index in [1.54, 1.807) is 0 Å². The summed E-state index contributed by atoms with van der Waals surface area (Å²) in [6.45, 7) is -0.173. The molecule has 0 aliphatic carbocycles. The fourth-order valence-electron chi connectivity index (χ4n) is 0.458. The molecule has 4 nitrogen and oxygen atoms in total. The number of aliphatic hydroxyl groups is 1. The minimum absolute atomic E-state index is 0.173. The molecule has 1 aromatic rings. The van der Waals surface area contributed by atoms with Crippen LogP contribution in [0, 0.1) is 6.20 Å². The highest BCUT2D eigenvalue weighted by Gasteiger charge is 1.95. The van der Waals surface area contributed by atoms with Gasteiger partial charge in [-0.3, -0.25) is 4.98 Å². The van der Waals surface area contributed by atoms with Gasteiger partial charge in [0, 0.05) is 0 Å². The minimum atomic E-state index is -0.173. The Labute approximate surface area is 52.4 Å². The van der Waals surface area contributed by atoms with Gasteiger partial charge in [-0.2, -0.15) is 0 Å². The maximum Gasteiger partial charge on any atom is 0.148 e. The molecule has 1 aromatic heterocycles. The molecule has 0 aromatic carbocycles. The van der Waals surface area contributed by atoms with Gasteiger partial charge in [-0.1, -0.05) is 0 Å². The van der Waals surface area contributed by atoms with Crippen LogP contribution in [0.4, 0.5) is 5.82 Å². The zero-order chi connectivity index (χ0) is 6.69. The monoisotopic (exact) mass is 124 g/mol. The molecule has 3 N–H and O–H groups in total. The first kappa shape index (κ1) is 5.97. The number of nitrogen functional groups attached to an aromatic ring is 1. The van der Waals surface area contributed by atoms with Gasteiger partial charge in [-0.25, -0.2) is 4.98 Å². The molecule has 47 valence electrons. The zero-order valence-corrected chi connectivity index (χ0v) is 4.70. The van der Waals surface area contributed by atoms with Gasteiger partial charge in [0.25, 0.3) is 0 Å². The highest BCUT2D eigenvalue weighted by atomic mass is 16.3. The van der Waals surface area contributed by atoms with Crippen molar-refractivity contribution in [3.63, 3.8) is 0 Å². The van der Waals surface area contributed by atoms with Crippen LogP contribution in [-0.2, 0) is 6.61 Å². The molecule has 0 unspecified atom stereocenters. The van der Waals surface area contributed by atoms with Crippen molar-refractivity contribution in [2.45, 2.75) is 6.61 Å². The Morgan fingerprint density at radius 1 is 1.78 bits per heavy atom. The number of anilines is 1. The Kier molecular flexibility index (Phi) is 1.60. The summed E-state index contributed by atoms with van der Waals surface area (Å²) in [5.41, 5.74) is 5.66. The molecule has 9 heavy (non-hydrogen) atoms. The summed E-state index contributed by atoms with van der Waals surface area (Å²) in [6.07, 6.45) is 3.80. The summed E-state index contributed by atoms with van der Waals surface area (Å²) in [4.78, 5) is 7.28. The number of nitrogens with zero attached hydrogens (tertiary/aromatic N) is 2. The minimum Gasteiger partial charge on any atom is -0.390 e. The predicted octanol–water partition coefficient (Wildman–Crippen LogP) is -0.649. The molecule has 0 fully saturated rings. The number of rotatable bonds is 1. The predicted molar refractivity (Wildman–Crippen MR) is 31.2 cm³/mol. The summed E-state index contributed by atoms with van der Waals surface area (Å²) in [7, 11) is 0. The van der Waals surface area contributed by atoms with E-state index in [2.05, 4.69) is 16.2 Å². The van der Waals surface area contributed by atoms with Crippen LogP contribution in [0.5, 0.6) is 0 Å². The van der Waals surface area contributed by atoms with Crippen LogP contribution >= 0.6 is 0 Å². The molecule has 0 saturated carbocycles. The van der Waals surface area contributed by atoms with E-state index >= 15 is 0 Å². The first-order valence-electron chi connectivity index (χ1n) is 2.43. The van der Waals surface area contributed by atoms with Gasteiger partial charge in [-0.05, 0) is 0 Å². The standard InChI is InChI=1S/C5H6N3O/c6-5-4(3-9)7-1-2-8-5/h1,9H,3H2,(H2,6,8). The highest BCUT2D eigenvalue weighted by molar-refractivity contribution is 5.31. The smallest absolute Gasteiger partial charge is 0.148 e. The lowest BCUT2D eigenvalue weighted by Crippen LogP contribution is -1.99. The molecule has 0 aliphatic heterocycles. The first-order chi connectivity index (χ1) is 4.34. The zero-order valence-electron chi connectivity index (χ0n) is 4.70. The van der Waals surface area contributed by atoms with Gasteiger partial charge in [0.1, 0.15) is 17.7 Å². The average molecular weight is 124 g/mol. The van der Waals surface area contributed by atoms with Crippen molar-refractivity contribution in [2.75, 3.05) is 5.73 Å². The van der Waals surface area contributed by atoms with Gasteiger partial charge in [0.2, 0.25) is 0 Å². The second kappa shape index (κ2) is 2.41. The quantitative estimate of drug-likeness (QED) is 0.522. The van der Waals surface area contributed by atoms with Crippen molar-refractivity contribution in [2.24, 2.45) is 0 Å².